The predicted octanol–water partition coefficient (Wildman–Crippen LogP) is 16.0. The lowest BCUT2D eigenvalue weighted by atomic mass is 9.93. The zero-order chi connectivity index (χ0) is 48.7. The second kappa shape index (κ2) is 16.7. The Hall–Kier alpha value is -10.2. The van der Waals surface area contributed by atoms with Gasteiger partial charge in [0.2, 0.25) is 5.95 Å². The smallest absolute Gasteiger partial charge is 0.238 e. The summed E-state index contributed by atoms with van der Waals surface area (Å²) in [5.41, 5.74) is 9.51. The van der Waals surface area contributed by atoms with Crippen molar-refractivity contribution in [2.45, 2.75) is 0 Å². The monoisotopic (exact) mass is 944 g/mol. The van der Waals surface area contributed by atoms with Crippen LogP contribution >= 0.6 is 0 Å². The molecule has 0 amide bonds. The largest absolute Gasteiger partial charge is 0.307 e. The van der Waals surface area contributed by atoms with Crippen molar-refractivity contribution in [1.29, 1.82) is 0 Å². The second-order valence-corrected chi connectivity index (χ2v) is 18.7. The third kappa shape index (κ3) is 6.62. The van der Waals surface area contributed by atoms with E-state index in [-0.39, 0.29) is 0 Å². The molecule has 4 aromatic heterocycles. The molecular weight excluding hydrogens is 905 g/mol. The van der Waals surface area contributed by atoms with Gasteiger partial charge in [-0.1, -0.05) is 212 Å². The zero-order valence-electron chi connectivity index (χ0n) is 39.7. The number of benzene rings is 11. The Morgan fingerprint density at radius 2 is 0.568 bits per heavy atom. The number of rotatable bonds is 7. The second-order valence-electron chi connectivity index (χ2n) is 18.7. The lowest BCUT2D eigenvalue weighted by Crippen LogP contribution is -2.07. The van der Waals surface area contributed by atoms with Crippen molar-refractivity contribution in [3.63, 3.8) is 0 Å². The number of hydrogen-bond donors (Lipinski definition) is 0. The number of nitrogens with zero attached hydrogens (tertiary/aromatic N) is 8. The summed E-state index contributed by atoms with van der Waals surface area (Å²) in [6.45, 7) is 0. The standard InChI is InChI=1S/C66H40N8/c1-4-19-41(20-5-1)61-67-62(42-21-6-2-7-22-42)69-64(68-61)44-25-18-26-46(39-44)73-57-33-16-14-31-52(57)54-37-38-55-53-32-15-17-34-58(53)74(60(55)59(54)73)66-71-63(43-23-8-3-9-24-43)70-65(72-66)45-35-36-51-49-29-11-10-27-47(49)48-28-12-13-30-50(48)56(51)40-45/h1-40H. The van der Waals surface area contributed by atoms with E-state index in [0.29, 0.717) is 35.1 Å². The van der Waals surface area contributed by atoms with Crippen molar-refractivity contribution >= 4 is 75.9 Å². The summed E-state index contributed by atoms with van der Waals surface area (Å²) in [7, 11) is 0. The van der Waals surface area contributed by atoms with Crippen molar-refractivity contribution in [3.05, 3.63) is 243 Å². The molecule has 0 saturated carbocycles. The fraction of sp³-hybridized carbons (Fsp3) is 0. The van der Waals surface area contributed by atoms with Crippen LogP contribution < -0.4 is 0 Å². The molecule has 0 aliphatic heterocycles. The van der Waals surface area contributed by atoms with E-state index in [4.69, 9.17) is 29.9 Å². The van der Waals surface area contributed by atoms with E-state index < -0.39 is 0 Å². The summed E-state index contributed by atoms with van der Waals surface area (Å²) in [4.78, 5) is 31.5. The molecule has 0 N–H and O–H groups in total. The third-order valence-corrected chi connectivity index (χ3v) is 14.4. The van der Waals surface area contributed by atoms with Gasteiger partial charge in [0.05, 0.1) is 22.1 Å². The molecular formula is C66H40N8. The van der Waals surface area contributed by atoms with Gasteiger partial charge in [-0.15, -0.1) is 0 Å². The van der Waals surface area contributed by atoms with Gasteiger partial charge in [-0.25, -0.2) is 19.9 Å². The summed E-state index contributed by atoms with van der Waals surface area (Å²) in [6.07, 6.45) is 0. The van der Waals surface area contributed by atoms with Gasteiger partial charge < -0.3 is 4.57 Å². The van der Waals surface area contributed by atoms with Crippen LogP contribution in [0.5, 0.6) is 0 Å². The molecule has 0 aliphatic carbocycles. The Bertz CT molecular complexity index is 4620. The Labute approximate surface area is 424 Å². The minimum atomic E-state index is 0.522. The molecule has 11 aromatic carbocycles. The van der Waals surface area contributed by atoms with Crippen LogP contribution in [-0.2, 0) is 0 Å². The zero-order valence-corrected chi connectivity index (χ0v) is 39.7. The molecule has 8 heteroatoms. The van der Waals surface area contributed by atoms with E-state index in [1.807, 2.05) is 78.9 Å². The fourth-order valence-electron chi connectivity index (χ4n) is 11.1. The summed E-state index contributed by atoms with van der Waals surface area (Å²) < 4.78 is 4.63. The molecule has 0 radical (unpaired) electrons. The molecule has 0 fully saturated rings. The average molecular weight is 945 g/mol. The van der Waals surface area contributed by atoms with E-state index in [0.717, 1.165) is 82.5 Å². The van der Waals surface area contributed by atoms with Crippen LogP contribution in [0.1, 0.15) is 0 Å². The molecule has 15 rings (SSSR count). The minimum Gasteiger partial charge on any atom is -0.307 e. The minimum absolute atomic E-state index is 0.522. The third-order valence-electron chi connectivity index (χ3n) is 14.4. The van der Waals surface area contributed by atoms with Crippen LogP contribution in [0.3, 0.4) is 0 Å². The topological polar surface area (TPSA) is 87.2 Å². The number of hydrogen-bond acceptors (Lipinski definition) is 6. The molecule has 15 aromatic rings. The lowest BCUT2D eigenvalue weighted by Gasteiger charge is -2.15. The van der Waals surface area contributed by atoms with Gasteiger partial charge in [0.1, 0.15) is 0 Å². The van der Waals surface area contributed by atoms with E-state index in [1.165, 1.54) is 26.9 Å². The van der Waals surface area contributed by atoms with Crippen LogP contribution in [-0.4, -0.2) is 39.0 Å². The SMILES string of the molecule is c1ccc(-c2nc(-c3ccccc3)nc(-c3cccc(-n4c5ccccc5c5ccc6c7ccccc7n(-c7nc(-c8ccccc8)nc(-c8ccc9c%10ccccc%10c%10ccccc%10c9c8)n7)c6c54)c3)n2)cc1. The summed E-state index contributed by atoms with van der Waals surface area (Å²) in [5.74, 6) is 3.50. The average Bonchev–Trinajstić information content (AvgIpc) is 4.01. The van der Waals surface area contributed by atoms with Gasteiger partial charge in [-0.05, 0) is 62.6 Å². The molecule has 0 unspecified atom stereocenters. The molecule has 344 valence electrons. The first-order chi connectivity index (χ1) is 36.7. The van der Waals surface area contributed by atoms with E-state index in [2.05, 4.69) is 173 Å². The molecule has 74 heavy (non-hydrogen) atoms. The van der Waals surface area contributed by atoms with Gasteiger partial charge in [-0.2, -0.15) is 9.97 Å². The highest BCUT2D eigenvalue weighted by Crippen LogP contribution is 2.43. The van der Waals surface area contributed by atoms with Gasteiger partial charge in [0, 0.05) is 55.0 Å². The number of fused-ring (bicyclic) bond motifs is 13. The molecule has 4 heterocycles. The summed E-state index contributed by atoms with van der Waals surface area (Å²) >= 11 is 0. The Morgan fingerprint density at radius 1 is 0.216 bits per heavy atom. The number of aromatic nitrogens is 8. The molecule has 0 saturated heterocycles. The highest BCUT2D eigenvalue weighted by molar-refractivity contribution is 6.26. The number of para-hydroxylation sites is 2. The predicted molar refractivity (Wildman–Crippen MR) is 302 cm³/mol. The maximum absolute atomic E-state index is 5.51. The summed E-state index contributed by atoms with van der Waals surface area (Å²) in [6, 6.07) is 84.6. The Morgan fingerprint density at radius 3 is 1.09 bits per heavy atom. The summed E-state index contributed by atoms with van der Waals surface area (Å²) in [5, 5.41) is 11.6. The van der Waals surface area contributed by atoms with Gasteiger partial charge in [-0.3, -0.25) is 4.57 Å². The Balaban J connectivity index is 0.994. The normalized spacial score (nSPS) is 11.8. The van der Waals surface area contributed by atoms with Crippen molar-refractivity contribution in [1.82, 2.24) is 39.0 Å². The van der Waals surface area contributed by atoms with Crippen molar-refractivity contribution in [3.8, 4) is 68.6 Å². The highest BCUT2D eigenvalue weighted by Gasteiger charge is 2.24. The molecule has 8 nitrogen and oxygen atoms in total. The van der Waals surface area contributed by atoms with Gasteiger partial charge >= 0.3 is 0 Å². The maximum atomic E-state index is 5.51. The van der Waals surface area contributed by atoms with E-state index >= 15 is 0 Å². The molecule has 0 atom stereocenters. The fourth-order valence-corrected chi connectivity index (χ4v) is 11.1. The first kappa shape index (κ1) is 41.6. The van der Waals surface area contributed by atoms with Crippen molar-refractivity contribution in [2.24, 2.45) is 0 Å². The maximum Gasteiger partial charge on any atom is 0.238 e. The molecule has 0 spiro atoms. The van der Waals surface area contributed by atoms with Crippen molar-refractivity contribution in [2.75, 3.05) is 0 Å². The Kier molecular flexibility index (Phi) is 9.40. The van der Waals surface area contributed by atoms with Gasteiger partial charge in [0.15, 0.2) is 29.1 Å². The quantitative estimate of drug-likeness (QED) is 0.148. The first-order valence-electron chi connectivity index (χ1n) is 24.8. The van der Waals surface area contributed by atoms with Crippen LogP contribution in [0.4, 0.5) is 0 Å². The van der Waals surface area contributed by atoms with Crippen LogP contribution in [0.25, 0.3) is 145 Å². The van der Waals surface area contributed by atoms with E-state index in [1.54, 1.807) is 0 Å². The van der Waals surface area contributed by atoms with Crippen molar-refractivity contribution < 1.29 is 0 Å². The van der Waals surface area contributed by atoms with Crippen LogP contribution in [0, 0.1) is 0 Å². The van der Waals surface area contributed by atoms with Crippen LogP contribution in [0.15, 0.2) is 243 Å². The van der Waals surface area contributed by atoms with Gasteiger partial charge in [0.25, 0.3) is 0 Å². The highest BCUT2D eigenvalue weighted by atomic mass is 15.2. The molecule has 0 bridgehead atoms. The first-order valence-corrected chi connectivity index (χ1v) is 24.8. The molecule has 0 aliphatic rings. The lowest BCUT2D eigenvalue weighted by molar-refractivity contribution is 0.953. The van der Waals surface area contributed by atoms with Crippen LogP contribution in [0.2, 0.25) is 0 Å². The van der Waals surface area contributed by atoms with E-state index in [9.17, 15) is 0 Å².